The highest BCUT2D eigenvalue weighted by Gasteiger charge is 2.06. The number of hydrogen-bond donors (Lipinski definition) is 1. The van der Waals surface area contributed by atoms with Crippen molar-refractivity contribution in [2.45, 2.75) is 0 Å². The molecule has 1 N–H and O–H groups in total. The van der Waals surface area contributed by atoms with Gasteiger partial charge in [0.1, 0.15) is 11.6 Å². The lowest BCUT2D eigenvalue weighted by atomic mass is 10.3. The lowest BCUT2D eigenvalue weighted by Gasteiger charge is -2.07. The molecule has 0 bridgehead atoms. The molecule has 0 saturated heterocycles. The second kappa shape index (κ2) is 5.09. The van der Waals surface area contributed by atoms with Crippen LogP contribution in [0.2, 0.25) is 0 Å². The fraction of sp³-hybridized carbons (Fsp3) is 0.0909. The maximum absolute atomic E-state index is 13.0. The van der Waals surface area contributed by atoms with Crippen LogP contribution in [0.25, 0.3) is 0 Å². The van der Waals surface area contributed by atoms with Crippen molar-refractivity contribution in [1.82, 2.24) is 9.97 Å². The number of halogens is 2. The van der Waals surface area contributed by atoms with Crippen LogP contribution >= 0.6 is 15.9 Å². The molecule has 0 aliphatic rings. The van der Waals surface area contributed by atoms with Gasteiger partial charge in [0.05, 0.1) is 4.47 Å². The summed E-state index contributed by atoms with van der Waals surface area (Å²) in [7, 11) is 1.71. The Bertz CT molecular complexity index is 536. The SMILES string of the molecule is CNc1nccc(Oc2cc(F)ccc2Br)n1. The molecule has 0 unspecified atom stereocenters. The highest BCUT2D eigenvalue weighted by atomic mass is 79.9. The Morgan fingerprint density at radius 3 is 2.94 bits per heavy atom. The van der Waals surface area contributed by atoms with Crippen molar-refractivity contribution in [1.29, 1.82) is 0 Å². The lowest BCUT2D eigenvalue weighted by Crippen LogP contribution is -1.97. The first-order chi connectivity index (χ1) is 8.19. The van der Waals surface area contributed by atoms with Gasteiger partial charge in [-0.1, -0.05) is 0 Å². The van der Waals surface area contributed by atoms with Gasteiger partial charge in [0.15, 0.2) is 0 Å². The highest BCUT2D eigenvalue weighted by molar-refractivity contribution is 9.10. The van der Waals surface area contributed by atoms with Crippen molar-refractivity contribution in [2.24, 2.45) is 0 Å². The largest absolute Gasteiger partial charge is 0.438 e. The number of anilines is 1. The summed E-state index contributed by atoms with van der Waals surface area (Å²) in [6, 6.07) is 5.80. The molecule has 0 aliphatic carbocycles. The summed E-state index contributed by atoms with van der Waals surface area (Å²) in [5.74, 6) is 0.780. The summed E-state index contributed by atoms with van der Waals surface area (Å²) in [6.45, 7) is 0. The van der Waals surface area contributed by atoms with Crippen LogP contribution in [0.15, 0.2) is 34.9 Å². The van der Waals surface area contributed by atoms with Crippen molar-refractivity contribution in [3.8, 4) is 11.6 Å². The van der Waals surface area contributed by atoms with Gasteiger partial charge in [-0.2, -0.15) is 4.98 Å². The molecule has 0 saturated carbocycles. The molecule has 2 aromatic rings. The molecule has 0 amide bonds. The predicted molar refractivity (Wildman–Crippen MR) is 65.8 cm³/mol. The summed E-state index contributed by atoms with van der Waals surface area (Å²) < 4.78 is 19.2. The van der Waals surface area contributed by atoms with Crippen molar-refractivity contribution in [2.75, 3.05) is 12.4 Å². The Hall–Kier alpha value is -1.69. The molecule has 1 heterocycles. The molecular weight excluding hydrogens is 289 g/mol. The second-order valence-corrected chi connectivity index (χ2v) is 4.00. The topological polar surface area (TPSA) is 47.0 Å². The van der Waals surface area contributed by atoms with Gasteiger partial charge in [-0.25, -0.2) is 9.37 Å². The first-order valence-electron chi connectivity index (χ1n) is 4.83. The molecule has 0 aliphatic heterocycles. The summed E-state index contributed by atoms with van der Waals surface area (Å²) in [4.78, 5) is 8.02. The standard InChI is InChI=1S/C11H9BrFN3O/c1-14-11-15-5-4-10(16-11)17-9-6-7(13)2-3-8(9)12/h2-6H,1H3,(H,14,15,16). The van der Waals surface area contributed by atoms with Crippen LogP contribution in [0.1, 0.15) is 0 Å². The number of nitrogens with one attached hydrogen (secondary N) is 1. The Kier molecular flexibility index (Phi) is 3.53. The van der Waals surface area contributed by atoms with E-state index in [2.05, 4.69) is 31.2 Å². The third-order valence-electron chi connectivity index (χ3n) is 1.96. The Labute approximate surface area is 106 Å². The second-order valence-electron chi connectivity index (χ2n) is 3.15. The van der Waals surface area contributed by atoms with Crippen molar-refractivity contribution in [3.05, 3.63) is 40.8 Å². The third kappa shape index (κ3) is 2.91. The molecule has 2 rings (SSSR count). The first-order valence-corrected chi connectivity index (χ1v) is 5.62. The van der Waals surface area contributed by atoms with E-state index in [4.69, 9.17) is 4.74 Å². The minimum Gasteiger partial charge on any atom is -0.438 e. The highest BCUT2D eigenvalue weighted by Crippen LogP contribution is 2.29. The van der Waals surface area contributed by atoms with Crippen LogP contribution in [0, 0.1) is 5.82 Å². The van der Waals surface area contributed by atoms with Crippen molar-refractivity contribution >= 4 is 21.9 Å². The van der Waals surface area contributed by atoms with E-state index in [1.54, 1.807) is 25.4 Å². The van der Waals surface area contributed by atoms with Crippen LogP contribution in [0.4, 0.5) is 10.3 Å². The van der Waals surface area contributed by atoms with Crippen LogP contribution in [-0.2, 0) is 0 Å². The van der Waals surface area contributed by atoms with E-state index in [9.17, 15) is 4.39 Å². The number of hydrogen-bond acceptors (Lipinski definition) is 4. The number of nitrogens with zero attached hydrogens (tertiary/aromatic N) is 2. The van der Waals surface area contributed by atoms with Gasteiger partial charge in [-0.3, -0.25) is 0 Å². The fourth-order valence-corrected chi connectivity index (χ4v) is 1.52. The number of aromatic nitrogens is 2. The predicted octanol–water partition coefficient (Wildman–Crippen LogP) is 3.21. The zero-order valence-electron chi connectivity index (χ0n) is 8.95. The van der Waals surface area contributed by atoms with E-state index >= 15 is 0 Å². The molecule has 4 nitrogen and oxygen atoms in total. The van der Waals surface area contributed by atoms with Crippen molar-refractivity contribution < 1.29 is 9.13 Å². The number of benzene rings is 1. The minimum absolute atomic E-state index is 0.343. The van der Waals surface area contributed by atoms with E-state index < -0.39 is 0 Å². The van der Waals surface area contributed by atoms with E-state index in [1.807, 2.05) is 0 Å². The molecular formula is C11H9BrFN3O. The molecule has 88 valence electrons. The number of rotatable bonds is 3. The van der Waals surface area contributed by atoms with E-state index in [-0.39, 0.29) is 5.82 Å². The van der Waals surface area contributed by atoms with Gasteiger partial charge in [0.25, 0.3) is 0 Å². The lowest BCUT2D eigenvalue weighted by molar-refractivity contribution is 0.455. The molecule has 0 fully saturated rings. The summed E-state index contributed by atoms with van der Waals surface area (Å²) in [5, 5.41) is 2.79. The monoisotopic (exact) mass is 297 g/mol. The zero-order valence-corrected chi connectivity index (χ0v) is 10.5. The first kappa shape index (κ1) is 11.8. The van der Waals surface area contributed by atoms with Crippen LogP contribution < -0.4 is 10.1 Å². The average Bonchev–Trinajstić information content (AvgIpc) is 2.34. The molecule has 1 aromatic carbocycles. The Balaban J connectivity index is 2.27. The molecule has 1 aromatic heterocycles. The van der Waals surface area contributed by atoms with Crippen LogP contribution in [0.3, 0.4) is 0 Å². The summed E-state index contributed by atoms with van der Waals surface area (Å²) in [5.41, 5.74) is 0. The quantitative estimate of drug-likeness (QED) is 0.945. The molecule has 0 atom stereocenters. The molecule has 0 spiro atoms. The van der Waals surface area contributed by atoms with Gasteiger partial charge in [0, 0.05) is 25.4 Å². The van der Waals surface area contributed by atoms with Gasteiger partial charge in [-0.15, -0.1) is 0 Å². The van der Waals surface area contributed by atoms with Gasteiger partial charge < -0.3 is 10.1 Å². The van der Waals surface area contributed by atoms with E-state index in [0.717, 1.165) is 0 Å². The third-order valence-corrected chi connectivity index (χ3v) is 2.62. The average molecular weight is 298 g/mol. The molecule has 0 radical (unpaired) electrons. The van der Waals surface area contributed by atoms with E-state index in [0.29, 0.717) is 22.1 Å². The normalized spacial score (nSPS) is 10.1. The number of ether oxygens (including phenoxy) is 1. The van der Waals surface area contributed by atoms with Crippen LogP contribution in [0.5, 0.6) is 11.6 Å². The zero-order chi connectivity index (χ0) is 12.3. The van der Waals surface area contributed by atoms with Crippen molar-refractivity contribution in [3.63, 3.8) is 0 Å². The maximum Gasteiger partial charge on any atom is 0.225 e. The van der Waals surface area contributed by atoms with Gasteiger partial charge >= 0.3 is 0 Å². The summed E-state index contributed by atoms with van der Waals surface area (Å²) >= 11 is 3.27. The van der Waals surface area contributed by atoms with Gasteiger partial charge in [-0.05, 0) is 28.1 Å². The molecule has 17 heavy (non-hydrogen) atoms. The van der Waals surface area contributed by atoms with Gasteiger partial charge in [0.2, 0.25) is 11.8 Å². The minimum atomic E-state index is -0.369. The van der Waals surface area contributed by atoms with E-state index in [1.165, 1.54) is 12.1 Å². The Morgan fingerprint density at radius 2 is 2.18 bits per heavy atom. The fourth-order valence-electron chi connectivity index (χ4n) is 1.19. The molecule has 6 heteroatoms. The Morgan fingerprint density at radius 1 is 1.35 bits per heavy atom. The van der Waals surface area contributed by atoms with Crippen LogP contribution in [-0.4, -0.2) is 17.0 Å². The maximum atomic E-state index is 13.0. The smallest absolute Gasteiger partial charge is 0.225 e. The summed E-state index contributed by atoms with van der Waals surface area (Å²) in [6.07, 6.45) is 1.56.